The first-order chi connectivity index (χ1) is 17.5. The van der Waals surface area contributed by atoms with Gasteiger partial charge in [0.1, 0.15) is 18.0 Å². The van der Waals surface area contributed by atoms with Crippen LogP contribution in [0.5, 0.6) is 0 Å². The molecule has 0 radical (unpaired) electrons. The van der Waals surface area contributed by atoms with Crippen LogP contribution in [-0.2, 0) is 4.74 Å². The fraction of sp³-hybridized carbons (Fsp3) is 0.480. The van der Waals surface area contributed by atoms with E-state index in [0.29, 0.717) is 35.3 Å². The van der Waals surface area contributed by atoms with E-state index in [1.54, 1.807) is 18.3 Å². The number of ether oxygens (including phenoxy) is 1. The smallest absolute Gasteiger partial charge is 0.427 e. The molecule has 194 valence electrons. The summed E-state index contributed by atoms with van der Waals surface area (Å²) in [5.41, 5.74) is -0.340. The number of carbonyl (C=O) groups is 1. The van der Waals surface area contributed by atoms with Gasteiger partial charge in [-0.15, -0.1) is 0 Å². The Morgan fingerprint density at radius 3 is 2.59 bits per heavy atom. The van der Waals surface area contributed by atoms with E-state index in [1.807, 2.05) is 17.7 Å². The summed E-state index contributed by atoms with van der Waals surface area (Å²) >= 11 is 0. The maximum atomic E-state index is 13.2. The van der Waals surface area contributed by atoms with Crippen molar-refractivity contribution >= 4 is 22.9 Å². The van der Waals surface area contributed by atoms with Gasteiger partial charge in [-0.2, -0.15) is 18.4 Å². The van der Waals surface area contributed by atoms with Crippen LogP contribution < -0.4 is 4.90 Å². The summed E-state index contributed by atoms with van der Waals surface area (Å²) in [4.78, 5) is 29.5. The predicted octanol–water partition coefficient (Wildman–Crippen LogP) is 4.55. The molecule has 1 aliphatic carbocycles. The predicted molar refractivity (Wildman–Crippen MR) is 128 cm³/mol. The number of anilines is 1. The minimum atomic E-state index is -4.67. The molecule has 2 fully saturated rings. The maximum absolute atomic E-state index is 13.2. The van der Waals surface area contributed by atoms with E-state index in [2.05, 4.69) is 25.9 Å². The lowest BCUT2D eigenvalue weighted by Crippen LogP contribution is -2.56. The Bertz CT molecular complexity index is 1390. The molecule has 0 N–H and O–H groups in total. The van der Waals surface area contributed by atoms with Crippen molar-refractivity contribution in [2.75, 3.05) is 24.5 Å². The summed E-state index contributed by atoms with van der Waals surface area (Å²) in [7, 11) is 0. The molecule has 5 rings (SSSR count). The molecule has 1 amide bonds. The zero-order valence-corrected chi connectivity index (χ0v) is 20.7. The number of fused-ring (bicyclic) bond motifs is 1. The molecule has 37 heavy (non-hydrogen) atoms. The van der Waals surface area contributed by atoms with Crippen LogP contribution in [0.15, 0.2) is 30.9 Å². The highest BCUT2D eigenvalue weighted by Crippen LogP contribution is 2.46. The number of carbonyl (C=O) groups excluding carboxylic acids is 1. The zero-order chi connectivity index (χ0) is 26.5. The summed E-state index contributed by atoms with van der Waals surface area (Å²) < 4.78 is 46.3. The lowest BCUT2D eigenvalue weighted by Gasteiger charge is -2.41. The third-order valence-electron chi connectivity index (χ3n) is 6.91. The van der Waals surface area contributed by atoms with E-state index in [1.165, 1.54) is 11.2 Å². The van der Waals surface area contributed by atoms with E-state index in [0.717, 1.165) is 37.6 Å². The van der Waals surface area contributed by atoms with Crippen molar-refractivity contribution < 1.29 is 22.7 Å². The number of nitriles is 1. The fourth-order valence-electron chi connectivity index (χ4n) is 4.57. The van der Waals surface area contributed by atoms with Gasteiger partial charge in [-0.05, 0) is 57.2 Å². The lowest BCUT2D eigenvalue weighted by molar-refractivity contribution is -0.246. The summed E-state index contributed by atoms with van der Waals surface area (Å²) in [5.74, 6) is 1.65. The quantitative estimate of drug-likeness (QED) is 0.505. The molecule has 4 heterocycles. The molecule has 0 spiro atoms. The van der Waals surface area contributed by atoms with Crippen LogP contribution in [0.3, 0.4) is 0 Å². The zero-order valence-electron chi connectivity index (χ0n) is 20.7. The average molecular weight is 514 g/mol. The molecule has 1 atom stereocenters. The number of hydrogen-bond donors (Lipinski definition) is 0. The van der Waals surface area contributed by atoms with Gasteiger partial charge in [0.05, 0.1) is 17.0 Å². The Morgan fingerprint density at radius 1 is 1.19 bits per heavy atom. The highest BCUT2D eigenvalue weighted by Gasteiger charge is 2.51. The Kier molecular flexibility index (Phi) is 5.96. The second kappa shape index (κ2) is 8.90. The second-order valence-corrected chi connectivity index (χ2v) is 10.0. The molecule has 12 heteroatoms. The van der Waals surface area contributed by atoms with Gasteiger partial charge in [-0.3, -0.25) is 4.57 Å². The molecule has 1 saturated carbocycles. The minimum absolute atomic E-state index is 0.184. The van der Waals surface area contributed by atoms with Crippen molar-refractivity contribution in [3.63, 3.8) is 0 Å². The first-order valence-corrected chi connectivity index (χ1v) is 12.0. The van der Waals surface area contributed by atoms with Gasteiger partial charge in [0.2, 0.25) is 5.60 Å². The number of hydrogen-bond acceptors (Lipinski definition) is 7. The fourth-order valence-corrected chi connectivity index (χ4v) is 4.57. The van der Waals surface area contributed by atoms with Gasteiger partial charge in [0.15, 0.2) is 5.65 Å². The van der Waals surface area contributed by atoms with Crippen LogP contribution in [0.4, 0.5) is 23.8 Å². The molecule has 3 aromatic rings. The van der Waals surface area contributed by atoms with Gasteiger partial charge in [0.25, 0.3) is 0 Å². The third kappa shape index (κ3) is 4.54. The van der Waals surface area contributed by atoms with Crippen LogP contribution in [0, 0.1) is 11.3 Å². The number of alkyl halides is 3. The Balaban J connectivity index is 1.45. The number of pyridine rings is 1. The van der Waals surface area contributed by atoms with E-state index in [-0.39, 0.29) is 19.1 Å². The molecule has 0 unspecified atom stereocenters. The van der Waals surface area contributed by atoms with Crippen LogP contribution in [-0.4, -0.2) is 68.0 Å². The molecule has 0 bridgehead atoms. The van der Waals surface area contributed by atoms with E-state index < -0.39 is 17.9 Å². The van der Waals surface area contributed by atoms with Crippen molar-refractivity contribution in [1.29, 1.82) is 5.26 Å². The van der Waals surface area contributed by atoms with Gasteiger partial charge in [-0.25, -0.2) is 19.7 Å². The number of aromatic nitrogens is 4. The molecule has 2 aliphatic rings. The first-order valence-electron chi connectivity index (χ1n) is 12.0. The summed E-state index contributed by atoms with van der Waals surface area (Å²) in [5, 5.41) is 10.2. The monoisotopic (exact) mass is 513 g/mol. The Morgan fingerprint density at radius 2 is 1.95 bits per heavy atom. The molecule has 0 aromatic carbocycles. The van der Waals surface area contributed by atoms with Gasteiger partial charge < -0.3 is 14.5 Å². The van der Waals surface area contributed by atoms with Crippen molar-refractivity contribution in [1.82, 2.24) is 24.4 Å². The largest absolute Gasteiger partial charge is 0.434 e. The molecule has 9 nitrogen and oxygen atoms in total. The van der Waals surface area contributed by atoms with Crippen molar-refractivity contribution in [3.8, 4) is 11.9 Å². The van der Waals surface area contributed by atoms with E-state index >= 15 is 0 Å². The van der Waals surface area contributed by atoms with Crippen LogP contribution in [0.1, 0.15) is 50.7 Å². The van der Waals surface area contributed by atoms with Crippen molar-refractivity contribution in [2.45, 2.75) is 57.3 Å². The molecule has 3 aromatic heterocycles. The summed E-state index contributed by atoms with van der Waals surface area (Å²) in [6, 6.07) is 5.24. The average Bonchev–Trinajstić information content (AvgIpc) is 3.62. The highest BCUT2D eigenvalue weighted by atomic mass is 19.4. The summed E-state index contributed by atoms with van der Waals surface area (Å²) in [6.07, 6.45) is 1.48. The van der Waals surface area contributed by atoms with Crippen molar-refractivity contribution in [2.24, 2.45) is 0 Å². The normalized spacial score (nSPS) is 18.7. The number of piperazine rings is 1. The minimum Gasteiger partial charge on any atom is -0.434 e. The number of halogens is 3. The Labute approximate surface area is 211 Å². The molecule has 1 aliphatic heterocycles. The molecular formula is C25H26F3N7O2. The van der Waals surface area contributed by atoms with E-state index in [9.17, 15) is 23.2 Å². The SMILES string of the molecule is C[C@H]1CN(C(=O)OC(C)(C)C(F)(F)F)CCN1c1ncnc2c1c(C1CC1)cn2-c1cc(C#N)ccn1. The second-order valence-electron chi connectivity index (χ2n) is 10.0. The van der Waals surface area contributed by atoms with Gasteiger partial charge in [0, 0.05) is 38.1 Å². The number of rotatable bonds is 4. The standard InChI is InChI=1S/C25H26F3N7O2/c1-15-12-33(23(36)37-24(2,3)25(26,27)28)8-9-34(15)21-20-18(17-4-5-17)13-35(22(20)32-14-31-21)19-10-16(11-29)6-7-30-19/h6-7,10,13-15,17H,4-5,8-9,12H2,1-3H3/t15-/m0/s1. The van der Waals surface area contributed by atoms with E-state index in [4.69, 9.17) is 4.74 Å². The highest BCUT2D eigenvalue weighted by molar-refractivity contribution is 5.93. The topological polar surface area (TPSA) is 100 Å². The van der Waals surface area contributed by atoms with Crippen LogP contribution in [0.2, 0.25) is 0 Å². The van der Waals surface area contributed by atoms with Gasteiger partial charge >= 0.3 is 12.3 Å². The summed E-state index contributed by atoms with van der Waals surface area (Å²) in [6.45, 7) is 4.32. The lowest BCUT2D eigenvalue weighted by atomic mass is 10.1. The third-order valence-corrected chi connectivity index (χ3v) is 6.91. The molecule has 1 saturated heterocycles. The van der Waals surface area contributed by atoms with Crippen molar-refractivity contribution in [3.05, 3.63) is 42.0 Å². The first kappa shape index (κ1) is 24.8. The molecular weight excluding hydrogens is 487 g/mol. The number of amides is 1. The maximum Gasteiger partial charge on any atom is 0.427 e. The van der Waals surface area contributed by atoms with Crippen LogP contribution >= 0.6 is 0 Å². The van der Waals surface area contributed by atoms with Gasteiger partial charge in [-0.1, -0.05) is 0 Å². The Hall–Kier alpha value is -3.88. The van der Waals surface area contributed by atoms with Crippen LogP contribution in [0.25, 0.3) is 16.9 Å². The number of nitrogens with zero attached hydrogens (tertiary/aromatic N) is 7.